The Bertz CT molecular complexity index is 643. The lowest BCUT2D eigenvalue weighted by Crippen LogP contribution is -2.46. The minimum Gasteiger partial charge on any atom is -0.324 e. The van der Waals surface area contributed by atoms with E-state index in [0.717, 1.165) is 6.42 Å². The van der Waals surface area contributed by atoms with Gasteiger partial charge in [0.05, 0.1) is 22.2 Å². The third-order valence-corrected chi connectivity index (χ3v) is 5.15. The Labute approximate surface area is 153 Å². The van der Waals surface area contributed by atoms with Crippen LogP contribution < -0.4 is 10.6 Å². The molecule has 0 heterocycles. The number of nitro groups is 1. The molecule has 25 heavy (non-hydrogen) atoms. The van der Waals surface area contributed by atoms with Crippen molar-refractivity contribution in [1.82, 2.24) is 5.32 Å². The van der Waals surface area contributed by atoms with Crippen molar-refractivity contribution in [2.45, 2.75) is 52.5 Å². The zero-order valence-electron chi connectivity index (χ0n) is 15.0. The van der Waals surface area contributed by atoms with Gasteiger partial charge in [-0.2, -0.15) is 0 Å². The second kappa shape index (κ2) is 8.15. The molecular formula is C18H26ClN3O3. The summed E-state index contributed by atoms with van der Waals surface area (Å²) in [5, 5.41) is 17.0. The second-order valence-corrected chi connectivity index (χ2v) is 8.12. The van der Waals surface area contributed by atoms with Crippen molar-refractivity contribution in [3.05, 3.63) is 33.3 Å². The first kappa shape index (κ1) is 19.7. The van der Waals surface area contributed by atoms with Crippen molar-refractivity contribution in [2.75, 3.05) is 11.9 Å². The van der Waals surface area contributed by atoms with Gasteiger partial charge in [-0.05, 0) is 30.2 Å². The lowest BCUT2D eigenvalue weighted by atomic mass is 9.69. The Hall–Kier alpha value is -1.66. The lowest BCUT2D eigenvalue weighted by molar-refractivity contribution is -0.384. The van der Waals surface area contributed by atoms with Crippen LogP contribution in [0, 0.1) is 21.4 Å². The highest BCUT2D eigenvalue weighted by molar-refractivity contribution is 6.34. The predicted molar refractivity (Wildman–Crippen MR) is 99.9 cm³/mol. The molecule has 2 N–H and O–H groups in total. The number of carbonyl (C=O) groups excluding carboxylic acids is 1. The average Bonchev–Trinajstić information content (AvgIpc) is 2.54. The molecule has 1 aromatic carbocycles. The van der Waals surface area contributed by atoms with Crippen molar-refractivity contribution in [2.24, 2.45) is 11.3 Å². The van der Waals surface area contributed by atoms with Gasteiger partial charge in [0.15, 0.2) is 0 Å². The van der Waals surface area contributed by atoms with E-state index in [0.29, 0.717) is 17.6 Å². The normalized spacial score (nSPS) is 21.0. The molecule has 0 bridgehead atoms. The maximum Gasteiger partial charge on any atom is 0.271 e. The number of non-ortho nitro benzene ring substituents is 1. The fraction of sp³-hybridized carbons (Fsp3) is 0.611. The van der Waals surface area contributed by atoms with Crippen LogP contribution in [0.3, 0.4) is 0 Å². The molecule has 2 unspecified atom stereocenters. The topological polar surface area (TPSA) is 84.3 Å². The first-order chi connectivity index (χ1) is 11.7. The highest BCUT2D eigenvalue weighted by atomic mass is 35.5. The van der Waals surface area contributed by atoms with Gasteiger partial charge >= 0.3 is 0 Å². The summed E-state index contributed by atoms with van der Waals surface area (Å²) in [5.74, 6) is 0.339. The standard InChI is InChI=1S/C18H26ClN3O3/c1-18(2,3)13-6-4-5-7-15(13)20-11-17(23)21-16-9-8-12(22(24)25)10-14(16)19/h8-10,13,15,20H,4-7,11H2,1-3H3,(H,21,23). The summed E-state index contributed by atoms with van der Waals surface area (Å²) in [6.45, 7) is 6.93. The van der Waals surface area contributed by atoms with Crippen LogP contribution >= 0.6 is 11.6 Å². The van der Waals surface area contributed by atoms with Gasteiger partial charge in [-0.15, -0.1) is 0 Å². The number of benzene rings is 1. The Morgan fingerprint density at radius 3 is 2.60 bits per heavy atom. The number of hydrogen-bond acceptors (Lipinski definition) is 4. The Morgan fingerprint density at radius 2 is 2.00 bits per heavy atom. The summed E-state index contributed by atoms with van der Waals surface area (Å²) < 4.78 is 0. The third-order valence-electron chi connectivity index (χ3n) is 4.84. The molecule has 1 aliphatic carbocycles. The van der Waals surface area contributed by atoms with Crippen molar-refractivity contribution in [1.29, 1.82) is 0 Å². The van der Waals surface area contributed by atoms with Gasteiger partial charge in [0.2, 0.25) is 5.91 Å². The smallest absolute Gasteiger partial charge is 0.271 e. The highest BCUT2D eigenvalue weighted by Crippen LogP contribution is 2.37. The Morgan fingerprint density at radius 1 is 1.32 bits per heavy atom. The van der Waals surface area contributed by atoms with Crippen LogP contribution in [0.5, 0.6) is 0 Å². The molecular weight excluding hydrogens is 342 g/mol. The second-order valence-electron chi connectivity index (χ2n) is 7.71. The first-order valence-corrected chi connectivity index (χ1v) is 9.03. The van der Waals surface area contributed by atoms with E-state index in [1.807, 2.05) is 0 Å². The van der Waals surface area contributed by atoms with E-state index in [1.165, 1.54) is 37.5 Å². The number of halogens is 1. The molecule has 2 atom stereocenters. The van der Waals surface area contributed by atoms with Gasteiger partial charge in [-0.1, -0.05) is 45.2 Å². The maximum absolute atomic E-state index is 12.2. The van der Waals surface area contributed by atoms with Crippen LogP contribution in [0.15, 0.2) is 18.2 Å². The number of nitrogens with zero attached hydrogens (tertiary/aromatic N) is 1. The van der Waals surface area contributed by atoms with Gasteiger partial charge < -0.3 is 10.6 Å². The summed E-state index contributed by atoms with van der Waals surface area (Å²) in [6, 6.07) is 4.34. The van der Waals surface area contributed by atoms with Crippen LogP contribution in [-0.4, -0.2) is 23.4 Å². The first-order valence-electron chi connectivity index (χ1n) is 8.65. The van der Waals surface area contributed by atoms with Gasteiger partial charge in [0, 0.05) is 18.2 Å². The highest BCUT2D eigenvalue weighted by Gasteiger charge is 2.33. The lowest BCUT2D eigenvalue weighted by Gasteiger charge is -2.40. The molecule has 1 aliphatic rings. The quantitative estimate of drug-likeness (QED) is 0.597. The van der Waals surface area contributed by atoms with Crippen molar-refractivity contribution < 1.29 is 9.72 Å². The van der Waals surface area contributed by atoms with Gasteiger partial charge in [0.25, 0.3) is 5.69 Å². The van der Waals surface area contributed by atoms with Crippen LogP contribution in [0.25, 0.3) is 0 Å². The van der Waals surface area contributed by atoms with Crippen LogP contribution in [-0.2, 0) is 4.79 Å². The van der Waals surface area contributed by atoms with E-state index in [9.17, 15) is 14.9 Å². The van der Waals surface area contributed by atoms with Gasteiger partial charge in [-0.3, -0.25) is 14.9 Å². The number of hydrogen-bond donors (Lipinski definition) is 2. The summed E-state index contributed by atoms with van der Waals surface area (Å²) in [4.78, 5) is 22.4. The van der Waals surface area contributed by atoms with Gasteiger partial charge in [-0.25, -0.2) is 0 Å². The summed E-state index contributed by atoms with van der Waals surface area (Å²) >= 11 is 6.01. The van der Waals surface area contributed by atoms with Crippen LogP contribution in [0.1, 0.15) is 46.5 Å². The minimum atomic E-state index is -0.519. The fourth-order valence-electron chi connectivity index (χ4n) is 3.55. The number of anilines is 1. The monoisotopic (exact) mass is 367 g/mol. The SMILES string of the molecule is CC(C)(C)C1CCCCC1NCC(=O)Nc1ccc([N+](=O)[O-])cc1Cl. The maximum atomic E-state index is 12.2. The Balaban J connectivity index is 1.93. The molecule has 0 aliphatic heterocycles. The molecule has 0 spiro atoms. The molecule has 138 valence electrons. The molecule has 0 radical (unpaired) electrons. The number of nitro benzene ring substituents is 1. The van der Waals surface area contributed by atoms with Gasteiger partial charge in [0.1, 0.15) is 0 Å². The van der Waals surface area contributed by atoms with Crippen molar-refractivity contribution in [3.8, 4) is 0 Å². The minimum absolute atomic E-state index is 0.101. The third kappa shape index (κ3) is 5.41. The predicted octanol–water partition coefficient (Wildman–Crippen LogP) is 4.38. The van der Waals surface area contributed by atoms with Crippen LogP contribution in [0.2, 0.25) is 5.02 Å². The van der Waals surface area contributed by atoms with Crippen LogP contribution in [0.4, 0.5) is 11.4 Å². The zero-order chi connectivity index (χ0) is 18.6. The Kier molecular flexibility index (Phi) is 6.41. The molecule has 1 fully saturated rings. The molecule has 6 nitrogen and oxygen atoms in total. The van der Waals surface area contributed by atoms with E-state index >= 15 is 0 Å². The molecule has 0 saturated heterocycles. The fourth-order valence-corrected chi connectivity index (χ4v) is 3.77. The number of carbonyl (C=O) groups is 1. The molecule has 1 aromatic rings. The zero-order valence-corrected chi connectivity index (χ0v) is 15.7. The largest absolute Gasteiger partial charge is 0.324 e. The van der Waals surface area contributed by atoms with Crippen molar-refractivity contribution in [3.63, 3.8) is 0 Å². The molecule has 0 aromatic heterocycles. The number of nitrogens with one attached hydrogen (secondary N) is 2. The van der Waals surface area contributed by atoms with E-state index in [1.54, 1.807) is 0 Å². The molecule has 1 amide bonds. The summed E-state index contributed by atoms with van der Waals surface area (Å²) in [6.07, 6.45) is 4.68. The average molecular weight is 368 g/mol. The van der Waals surface area contributed by atoms with E-state index in [-0.39, 0.29) is 28.6 Å². The molecule has 7 heteroatoms. The number of rotatable bonds is 5. The summed E-state index contributed by atoms with van der Waals surface area (Å²) in [5.41, 5.74) is 0.488. The summed E-state index contributed by atoms with van der Waals surface area (Å²) in [7, 11) is 0. The van der Waals surface area contributed by atoms with E-state index in [2.05, 4.69) is 31.4 Å². The van der Waals surface area contributed by atoms with E-state index < -0.39 is 4.92 Å². The molecule has 2 rings (SSSR count). The number of amides is 1. The van der Waals surface area contributed by atoms with E-state index in [4.69, 9.17) is 11.6 Å². The molecule has 1 saturated carbocycles. The van der Waals surface area contributed by atoms with Crippen molar-refractivity contribution >= 4 is 28.9 Å².